The summed E-state index contributed by atoms with van der Waals surface area (Å²) < 4.78 is 1.13. The first-order valence-corrected chi connectivity index (χ1v) is 9.03. The fourth-order valence-electron chi connectivity index (χ4n) is 2.10. The maximum Gasteiger partial charge on any atom is 0.0863 e. The van der Waals surface area contributed by atoms with Crippen LogP contribution in [-0.4, -0.2) is 19.4 Å². The Bertz CT molecular complexity index is 654. The molecule has 0 heterocycles. The molecule has 4 nitrogen and oxygen atoms in total. The minimum Gasteiger partial charge on any atom is -0.397 e. The molecule has 0 amide bonds. The number of para-hydroxylation sites is 1. The molecule has 0 atom stereocenters. The third kappa shape index (κ3) is 8.40. The van der Waals surface area contributed by atoms with Crippen molar-refractivity contribution >= 4 is 33.6 Å². The molecule has 2 aromatic rings. The van der Waals surface area contributed by atoms with E-state index < -0.39 is 0 Å². The Hall–Kier alpha value is -2.27. The van der Waals surface area contributed by atoms with E-state index in [0.717, 1.165) is 22.4 Å². The highest BCUT2D eigenvalue weighted by Crippen LogP contribution is 2.29. The van der Waals surface area contributed by atoms with Crippen LogP contribution >= 0.6 is 15.9 Å². The van der Waals surface area contributed by atoms with Crippen LogP contribution in [0.1, 0.15) is 25.3 Å². The van der Waals surface area contributed by atoms with E-state index in [4.69, 9.17) is 5.73 Å². The normalized spacial score (nSPS) is 10.2. The number of rotatable bonds is 7. The van der Waals surface area contributed by atoms with Gasteiger partial charge in [-0.05, 0) is 35.9 Å². The number of anilines is 2. The van der Waals surface area contributed by atoms with Gasteiger partial charge in [-0.2, -0.15) is 0 Å². The smallest absolute Gasteiger partial charge is 0.0863 e. The molecule has 0 unspecified atom stereocenters. The SMILES string of the molecule is Brc1ccccc1.C=CNC=NCCNc1c(N)cccc1C(C)C. The summed E-state index contributed by atoms with van der Waals surface area (Å²) in [4.78, 5) is 4.17. The van der Waals surface area contributed by atoms with Crippen LogP contribution < -0.4 is 16.4 Å². The van der Waals surface area contributed by atoms with Crippen molar-refractivity contribution in [1.29, 1.82) is 0 Å². The van der Waals surface area contributed by atoms with Crippen molar-refractivity contribution in [1.82, 2.24) is 5.32 Å². The second-order valence-electron chi connectivity index (χ2n) is 5.59. The summed E-state index contributed by atoms with van der Waals surface area (Å²) in [6.45, 7) is 9.29. The molecule has 2 aromatic carbocycles. The van der Waals surface area contributed by atoms with Crippen LogP contribution in [0.15, 0.2) is 70.8 Å². The van der Waals surface area contributed by atoms with E-state index in [2.05, 4.69) is 58.0 Å². The Morgan fingerprint density at radius 1 is 1.16 bits per heavy atom. The predicted molar refractivity (Wildman–Crippen MR) is 114 cm³/mol. The third-order valence-electron chi connectivity index (χ3n) is 3.31. The molecule has 0 bridgehead atoms. The fraction of sp³-hybridized carbons (Fsp3) is 0.250. The third-order valence-corrected chi connectivity index (χ3v) is 3.84. The molecule has 0 aliphatic carbocycles. The first-order valence-electron chi connectivity index (χ1n) is 8.24. The van der Waals surface area contributed by atoms with Crippen LogP contribution in [0.3, 0.4) is 0 Å². The zero-order valence-corrected chi connectivity index (χ0v) is 16.5. The molecular weight excluding hydrogens is 376 g/mol. The second-order valence-corrected chi connectivity index (χ2v) is 6.51. The van der Waals surface area contributed by atoms with Gasteiger partial charge in [-0.1, -0.05) is 66.7 Å². The zero-order valence-electron chi connectivity index (χ0n) is 14.9. The largest absolute Gasteiger partial charge is 0.397 e. The first kappa shape index (κ1) is 20.8. The molecule has 25 heavy (non-hydrogen) atoms. The van der Waals surface area contributed by atoms with Crippen LogP contribution in [0.25, 0.3) is 0 Å². The average Bonchev–Trinajstić information content (AvgIpc) is 2.60. The molecule has 0 spiro atoms. The zero-order chi connectivity index (χ0) is 18.5. The molecule has 134 valence electrons. The summed E-state index contributed by atoms with van der Waals surface area (Å²) in [5, 5.41) is 6.16. The summed E-state index contributed by atoms with van der Waals surface area (Å²) >= 11 is 3.31. The van der Waals surface area contributed by atoms with Gasteiger partial charge in [0.25, 0.3) is 0 Å². The second kappa shape index (κ2) is 12.1. The average molecular weight is 403 g/mol. The molecule has 2 rings (SSSR count). The Labute approximate surface area is 159 Å². The number of halogens is 1. The van der Waals surface area contributed by atoms with Crippen LogP contribution in [0.2, 0.25) is 0 Å². The van der Waals surface area contributed by atoms with Crippen LogP contribution in [0, 0.1) is 0 Å². The number of hydrogen-bond acceptors (Lipinski definition) is 3. The van der Waals surface area contributed by atoms with E-state index in [1.807, 2.05) is 42.5 Å². The van der Waals surface area contributed by atoms with Crippen molar-refractivity contribution in [3.63, 3.8) is 0 Å². The van der Waals surface area contributed by atoms with E-state index in [1.165, 1.54) is 5.56 Å². The Morgan fingerprint density at radius 3 is 2.44 bits per heavy atom. The Kier molecular flexibility index (Phi) is 10.1. The molecule has 0 aliphatic heterocycles. The van der Waals surface area contributed by atoms with Gasteiger partial charge < -0.3 is 16.4 Å². The summed E-state index contributed by atoms with van der Waals surface area (Å²) in [6, 6.07) is 16.0. The molecule has 0 radical (unpaired) electrons. The lowest BCUT2D eigenvalue weighted by Gasteiger charge is -2.16. The van der Waals surface area contributed by atoms with Gasteiger partial charge >= 0.3 is 0 Å². The van der Waals surface area contributed by atoms with E-state index in [0.29, 0.717) is 12.5 Å². The van der Waals surface area contributed by atoms with Crippen LogP contribution in [-0.2, 0) is 0 Å². The lowest BCUT2D eigenvalue weighted by molar-refractivity contribution is 0.865. The van der Waals surface area contributed by atoms with E-state index in [9.17, 15) is 0 Å². The maximum absolute atomic E-state index is 6.00. The molecule has 5 heteroatoms. The summed E-state index contributed by atoms with van der Waals surface area (Å²) in [5.74, 6) is 0.446. The van der Waals surface area contributed by atoms with Crippen molar-refractivity contribution < 1.29 is 0 Å². The number of nitrogens with two attached hydrogens (primary N) is 1. The molecule has 0 fully saturated rings. The number of hydrogen-bond donors (Lipinski definition) is 3. The minimum atomic E-state index is 0.446. The monoisotopic (exact) mass is 402 g/mol. The van der Waals surface area contributed by atoms with Crippen molar-refractivity contribution in [3.8, 4) is 0 Å². The fourth-order valence-corrected chi connectivity index (χ4v) is 2.41. The number of aliphatic imine (C=N–C) groups is 1. The lowest BCUT2D eigenvalue weighted by Crippen LogP contribution is -2.11. The van der Waals surface area contributed by atoms with E-state index >= 15 is 0 Å². The van der Waals surface area contributed by atoms with Crippen LogP contribution in [0.4, 0.5) is 11.4 Å². The molecule has 0 aromatic heterocycles. The topological polar surface area (TPSA) is 62.4 Å². The highest BCUT2D eigenvalue weighted by atomic mass is 79.9. The highest BCUT2D eigenvalue weighted by Gasteiger charge is 2.08. The summed E-state index contributed by atoms with van der Waals surface area (Å²) in [6.07, 6.45) is 3.22. The van der Waals surface area contributed by atoms with Gasteiger partial charge in [-0.25, -0.2) is 0 Å². The van der Waals surface area contributed by atoms with E-state index in [1.54, 1.807) is 12.5 Å². The molecule has 0 saturated carbocycles. The van der Waals surface area contributed by atoms with Crippen molar-refractivity contribution in [2.24, 2.45) is 4.99 Å². The van der Waals surface area contributed by atoms with Crippen molar-refractivity contribution in [2.75, 3.05) is 24.1 Å². The number of nitrogens with zero attached hydrogens (tertiary/aromatic N) is 1. The quantitative estimate of drug-likeness (QED) is 0.263. The summed E-state index contributed by atoms with van der Waals surface area (Å²) in [7, 11) is 0. The number of benzene rings is 2. The number of nitrogen functional groups attached to an aromatic ring is 1. The first-order chi connectivity index (χ1) is 12.1. The summed E-state index contributed by atoms with van der Waals surface area (Å²) in [5.41, 5.74) is 9.05. The highest BCUT2D eigenvalue weighted by molar-refractivity contribution is 9.10. The minimum absolute atomic E-state index is 0.446. The Morgan fingerprint density at radius 2 is 1.88 bits per heavy atom. The van der Waals surface area contributed by atoms with Crippen LogP contribution in [0.5, 0.6) is 0 Å². The van der Waals surface area contributed by atoms with Gasteiger partial charge in [0.2, 0.25) is 0 Å². The van der Waals surface area contributed by atoms with Gasteiger partial charge in [0.1, 0.15) is 0 Å². The Balaban J connectivity index is 0.000000370. The van der Waals surface area contributed by atoms with E-state index in [-0.39, 0.29) is 0 Å². The number of nitrogens with one attached hydrogen (secondary N) is 2. The van der Waals surface area contributed by atoms with Crippen molar-refractivity contribution in [2.45, 2.75) is 19.8 Å². The van der Waals surface area contributed by atoms with Gasteiger partial charge in [0.05, 0.1) is 24.3 Å². The molecule has 4 N–H and O–H groups in total. The van der Waals surface area contributed by atoms with Gasteiger partial charge in [-0.3, -0.25) is 4.99 Å². The molecule has 0 saturated heterocycles. The molecule has 0 aliphatic rings. The maximum atomic E-state index is 6.00. The predicted octanol–water partition coefficient (Wildman–Crippen LogP) is 5.01. The standard InChI is InChI=1S/C14H22N4.C6H5Br/c1-4-16-10-17-8-9-18-14-12(11(2)3)6-5-7-13(14)15;7-6-4-2-1-3-5-6/h4-7,10-11,18H,1,8-9,15H2,2-3H3,(H,16,17);1-5H. The van der Waals surface area contributed by atoms with Crippen molar-refractivity contribution in [3.05, 3.63) is 71.3 Å². The van der Waals surface area contributed by atoms with Gasteiger partial charge in [0, 0.05) is 11.0 Å². The molecular formula is C20H27BrN4. The van der Waals surface area contributed by atoms with Gasteiger partial charge in [0.15, 0.2) is 0 Å². The van der Waals surface area contributed by atoms with Gasteiger partial charge in [-0.15, -0.1) is 0 Å². The lowest BCUT2D eigenvalue weighted by atomic mass is 10.00.